The summed E-state index contributed by atoms with van der Waals surface area (Å²) in [6, 6.07) is 0.222. The van der Waals surface area contributed by atoms with Gasteiger partial charge in [-0.3, -0.25) is 0 Å². The fourth-order valence-electron chi connectivity index (χ4n) is 1.39. The molecule has 1 fully saturated rings. The highest BCUT2D eigenvalue weighted by Gasteiger charge is 2.21. The van der Waals surface area contributed by atoms with Crippen LogP contribution in [-0.4, -0.2) is 38.5 Å². The molecule has 1 N–H and O–H groups in total. The summed E-state index contributed by atoms with van der Waals surface area (Å²) in [4.78, 5) is 0. The molecule has 0 aromatic rings. The molecule has 3 nitrogen and oxygen atoms in total. The van der Waals surface area contributed by atoms with Gasteiger partial charge in [-0.05, 0) is 13.0 Å². The van der Waals surface area contributed by atoms with Crippen molar-refractivity contribution in [3.8, 4) is 0 Å². The summed E-state index contributed by atoms with van der Waals surface area (Å²) in [6.45, 7) is 9.02. The summed E-state index contributed by atoms with van der Waals surface area (Å²) in [5.41, 5.74) is 0. The van der Waals surface area contributed by atoms with Crippen LogP contribution in [0.15, 0.2) is 12.7 Å². The molecule has 0 saturated carbocycles. The largest absolute Gasteiger partial charge is 0.376 e. The van der Waals surface area contributed by atoms with Gasteiger partial charge in [-0.2, -0.15) is 0 Å². The van der Waals surface area contributed by atoms with Crippen LogP contribution < -0.4 is 5.32 Å². The zero-order valence-electron chi connectivity index (χ0n) is 8.29. The standard InChI is InChI=1S/C10H19NO2/c1-3-5-11-9(4-2)10-8-12-6-7-13-10/h4,9-11H,2-3,5-8H2,1H3. The van der Waals surface area contributed by atoms with Crippen molar-refractivity contribution in [1.82, 2.24) is 5.32 Å². The third-order valence-corrected chi connectivity index (χ3v) is 2.13. The van der Waals surface area contributed by atoms with E-state index in [9.17, 15) is 0 Å². The second kappa shape index (κ2) is 6.13. The van der Waals surface area contributed by atoms with Crippen LogP contribution in [0, 0.1) is 0 Å². The Kier molecular flexibility index (Phi) is 5.05. The molecule has 1 aliphatic rings. The molecule has 0 spiro atoms. The van der Waals surface area contributed by atoms with Gasteiger partial charge in [-0.1, -0.05) is 13.0 Å². The SMILES string of the molecule is C=CC(NCCC)C1COCCO1. The van der Waals surface area contributed by atoms with Gasteiger partial charge in [-0.15, -0.1) is 6.58 Å². The summed E-state index contributed by atoms with van der Waals surface area (Å²) in [6.07, 6.45) is 3.16. The van der Waals surface area contributed by atoms with Crippen molar-refractivity contribution >= 4 is 0 Å². The Balaban J connectivity index is 2.30. The van der Waals surface area contributed by atoms with E-state index in [1.54, 1.807) is 0 Å². The summed E-state index contributed by atoms with van der Waals surface area (Å²) in [5, 5.41) is 3.37. The monoisotopic (exact) mass is 185 g/mol. The van der Waals surface area contributed by atoms with E-state index in [4.69, 9.17) is 9.47 Å². The number of hydrogen-bond donors (Lipinski definition) is 1. The predicted molar refractivity (Wildman–Crippen MR) is 52.8 cm³/mol. The van der Waals surface area contributed by atoms with Gasteiger partial charge in [0.25, 0.3) is 0 Å². The Labute approximate surface area is 80.1 Å². The molecule has 2 unspecified atom stereocenters. The molecule has 76 valence electrons. The van der Waals surface area contributed by atoms with Crippen LogP contribution in [0.2, 0.25) is 0 Å². The van der Waals surface area contributed by atoms with Crippen LogP contribution in [0.4, 0.5) is 0 Å². The molecule has 1 saturated heterocycles. The van der Waals surface area contributed by atoms with E-state index in [0.29, 0.717) is 19.8 Å². The smallest absolute Gasteiger partial charge is 0.0997 e. The zero-order valence-corrected chi connectivity index (χ0v) is 8.29. The molecule has 0 amide bonds. The minimum atomic E-state index is 0.137. The maximum absolute atomic E-state index is 5.57. The van der Waals surface area contributed by atoms with Crippen LogP contribution in [-0.2, 0) is 9.47 Å². The normalized spacial score (nSPS) is 25.5. The van der Waals surface area contributed by atoms with E-state index in [1.807, 2.05) is 6.08 Å². The van der Waals surface area contributed by atoms with E-state index in [0.717, 1.165) is 13.0 Å². The van der Waals surface area contributed by atoms with Crippen LogP contribution in [0.25, 0.3) is 0 Å². The molecule has 0 radical (unpaired) electrons. The quantitative estimate of drug-likeness (QED) is 0.647. The zero-order chi connectivity index (χ0) is 9.52. The van der Waals surface area contributed by atoms with Crippen LogP contribution in [0.1, 0.15) is 13.3 Å². The van der Waals surface area contributed by atoms with Gasteiger partial charge in [0.1, 0.15) is 0 Å². The van der Waals surface area contributed by atoms with E-state index >= 15 is 0 Å². The summed E-state index contributed by atoms with van der Waals surface area (Å²) in [5.74, 6) is 0. The molecule has 0 aromatic heterocycles. The Bertz CT molecular complexity index is 144. The van der Waals surface area contributed by atoms with Crippen molar-refractivity contribution in [3.63, 3.8) is 0 Å². The molecule has 13 heavy (non-hydrogen) atoms. The number of hydrogen-bond acceptors (Lipinski definition) is 3. The predicted octanol–water partition coefficient (Wildman–Crippen LogP) is 0.956. The number of ether oxygens (including phenoxy) is 2. The van der Waals surface area contributed by atoms with Gasteiger partial charge in [0.05, 0.1) is 32.0 Å². The Hall–Kier alpha value is -0.380. The van der Waals surface area contributed by atoms with E-state index < -0.39 is 0 Å². The first-order valence-corrected chi connectivity index (χ1v) is 4.93. The van der Waals surface area contributed by atoms with Gasteiger partial charge in [-0.25, -0.2) is 0 Å². The molecule has 1 aliphatic heterocycles. The van der Waals surface area contributed by atoms with Gasteiger partial charge >= 0.3 is 0 Å². The highest BCUT2D eigenvalue weighted by atomic mass is 16.6. The Morgan fingerprint density at radius 2 is 2.46 bits per heavy atom. The molecule has 0 aliphatic carbocycles. The molecular weight excluding hydrogens is 166 g/mol. The lowest BCUT2D eigenvalue weighted by molar-refractivity contribution is -0.0954. The maximum atomic E-state index is 5.57. The average molecular weight is 185 g/mol. The molecule has 2 atom stereocenters. The molecule has 1 heterocycles. The third kappa shape index (κ3) is 3.46. The van der Waals surface area contributed by atoms with Crippen LogP contribution >= 0.6 is 0 Å². The van der Waals surface area contributed by atoms with Crippen molar-refractivity contribution in [1.29, 1.82) is 0 Å². The summed E-state index contributed by atoms with van der Waals surface area (Å²) >= 11 is 0. The number of nitrogens with one attached hydrogen (secondary N) is 1. The summed E-state index contributed by atoms with van der Waals surface area (Å²) in [7, 11) is 0. The molecule has 3 heteroatoms. The van der Waals surface area contributed by atoms with Crippen molar-refractivity contribution in [3.05, 3.63) is 12.7 Å². The lowest BCUT2D eigenvalue weighted by atomic mass is 10.1. The fourth-order valence-corrected chi connectivity index (χ4v) is 1.39. The number of rotatable bonds is 5. The van der Waals surface area contributed by atoms with Crippen LogP contribution in [0.5, 0.6) is 0 Å². The van der Waals surface area contributed by atoms with Crippen molar-refractivity contribution in [2.75, 3.05) is 26.4 Å². The first-order chi connectivity index (χ1) is 6.38. The van der Waals surface area contributed by atoms with Crippen molar-refractivity contribution in [2.45, 2.75) is 25.5 Å². The third-order valence-electron chi connectivity index (χ3n) is 2.13. The molecule has 0 bridgehead atoms. The lowest BCUT2D eigenvalue weighted by Gasteiger charge is -2.29. The highest BCUT2D eigenvalue weighted by molar-refractivity contribution is 4.92. The fraction of sp³-hybridized carbons (Fsp3) is 0.800. The van der Waals surface area contributed by atoms with Crippen molar-refractivity contribution in [2.24, 2.45) is 0 Å². The lowest BCUT2D eigenvalue weighted by Crippen LogP contribution is -2.45. The first-order valence-electron chi connectivity index (χ1n) is 4.93. The molecule has 0 aromatic carbocycles. The van der Waals surface area contributed by atoms with E-state index in [1.165, 1.54) is 0 Å². The minimum absolute atomic E-state index is 0.137. The van der Waals surface area contributed by atoms with Gasteiger partial charge in [0, 0.05) is 0 Å². The topological polar surface area (TPSA) is 30.5 Å². The Morgan fingerprint density at radius 1 is 1.62 bits per heavy atom. The highest BCUT2D eigenvalue weighted by Crippen LogP contribution is 2.06. The van der Waals surface area contributed by atoms with Gasteiger partial charge in [0.15, 0.2) is 0 Å². The molecule has 1 rings (SSSR count). The van der Waals surface area contributed by atoms with E-state index in [-0.39, 0.29) is 12.1 Å². The maximum Gasteiger partial charge on any atom is 0.0997 e. The average Bonchev–Trinajstić information content (AvgIpc) is 2.21. The Morgan fingerprint density at radius 3 is 3.00 bits per heavy atom. The van der Waals surface area contributed by atoms with Gasteiger partial charge in [0.2, 0.25) is 0 Å². The summed E-state index contributed by atoms with van der Waals surface area (Å²) < 4.78 is 10.9. The second-order valence-electron chi connectivity index (χ2n) is 3.20. The first kappa shape index (κ1) is 10.7. The van der Waals surface area contributed by atoms with E-state index in [2.05, 4.69) is 18.8 Å². The van der Waals surface area contributed by atoms with Crippen molar-refractivity contribution < 1.29 is 9.47 Å². The van der Waals surface area contributed by atoms with Crippen LogP contribution in [0.3, 0.4) is 0 Å². The minimum Gasteiger partial charge on any atom is -0.376 e. The second-order valence-corrected chi connectivity index (χ2v) is 3.20. The molecular formula is C10H19NO2. The van der Waals surface area contributed by atoms with Gasteiger partial charge < -0.3 is 14.8 Å².